The van der Waals surface area contributed by atoms with E-state index in [0.717, 1.165) is 30.2 Å². The number of methoxy groups -OCH3 is 1. The lowest BCUT2D eigenvalue weighted by atomic mass is 10.1. The third-order valence-electron chi connectivity index (χ3n) is 4.82. The Bertz CT molecular complexity index is 839. The van der Waals surface area contributed by atoms with Crippen LogP contribution in [0.1, 0.15) is 15.9 Å². The molecule has 0 bridgehead atoms. The lowest BCUT2D eigenvalue weighted by molar-refractivity contribution is -0.0504. The predicted octanol–water partition coefficient (Wildman–Crippen LogP) is 2.48. The van der Waals surface area contributed by atoms with Crippen LogP contribution in [0.4, 0.5) is 0 Å². The number of benzene rings is 2. The van der Waals surface area contributed by atoms with Crippen LogP contribution in [0.5, 0.6) is 17.2 Å². The summed E-state index contributed by atoms with van der Waals surface area (Å²) >= 11 is 0. The Balaban J connectivity index is 1.34. The van der Waals surface area contributed by atoms with Gasteiger partial charge in [-0.3, -0.25) is 4.90 Å². The maximum Gasteiger partial charge on any atom is 0.338 e. The molecule has 1 saturated heterocycles. The summed E-state index contributed by atoms with van der Waals surface area (Å²) < 4.78 is 27.3. The third kappa shape index (κ3) is 4.21. The minimum Gasteiger partial charge on any atom is -0.491 e. The van der Waals surface area contributed by atoms with Gasteiger partial charge in [0.25, 0.3) is 0 Å². The van der Waals surface area contributed by atoms with Gasteiger partial charge in [0.2, 0.25) is 6.79 Å². The predicted molar refractivity (Wildman–Crippen MR) is 101 cm³/mol. The first-order chi connectivity index (χ1) is 13.7. The Hall–Kier alpha value is -2.77. The Kier molecular flexibility index (Phi) is 5.64. The van der Waals surface area contributed by atoms with Crippen LogP contribution in [0, 0.1) is 0 Å². The SMILES string of the molecule is COC(=O)c1ccccc1CN1CCOC(COc2ccc3c(c2)OCO3)C1. The first-order valence-electron chi connectivity index (χ1n) is 9.25. The molecule has 0 N–H and O–H groups in total. The van der Waals surface area contributed by atoms with Crippen LogP contribution in [0.3, 0.4) is 0 Å². The summed E-state index contributed by atoms with van der Waals surface area (Å²) in [4.78, 5) is 14.2. The monoisotopic (exact) mass is 385 g/mol. The van der Waals surface area contributed by atoms with E-state index < -0.39 is 0 Å². The number of morpholine rings is 1. The van der Waals surface area contributed by atoms with Crippen molar-refractivity contribution in [2.24, 2.45) is 0 Å². The van der Waals surface area contributed by atoms with Crippen molar-refractivity contribution < 1.29 is 28.5 Å². The van der Waals surface area contributed by atoms with E-state index in [1.165, 1.54) is 7.11 Å². The number of fused-ring (bicyclic) bond motifs is 1. The van der Waals surface area contributed by atoms with Gasteiger partial charge >= 0.3 is 5.97 Å². The molecule has 1 fully saturated rings. The van der Waals surface area contributed by atoms with Crippen LogP contribution in [-0.4, -0.2) is 57.2 Å². The topological polar surface area (TPSA) is 66.5 Å². The van der Waals surface area contributed by atoms with E-state index in [4.69, 9.17) is 23.7 Å². The summed E-state index contributed by atoms with van der Waals surface area (Å²) in [6, 6.07) is 13.1. The molecule has 2 aliphatic heterocycles. The quantitative estimate of drug-likeness (QED) is 0.708. The molecule has 1 atom stereocenters. The summed E-state index contributed by atoms with van der Waals surface area (Å²) in [6.07, 6.45) is -0.0514. The zero-order chi connectivity index (χ0) is 19.3. The second-order valence-electron chi connectivity index (χ2n) is 6.70. The number of esters is 1. The summed E-state index contributed by atoms with van der Waals surface area (Å²) in [5.74, 6) is 1.84. The van der Waals surface area contributed by atoms with Gasteiger partial charge in [-0.25, -0.2) is 4.79 Å². The summed E-state index contributed by atoms with van der Waals surface area (Å²) in [6.45, 7) is 3.49. The van der Waals surface area contributed by atoms with E-state index in [0.29, 0.717) is 31.1 Å². The molecule has 0 spiro atoms. The lowest BCUT2D eigenvalue weighted by Crippen LogP contribution is -2.44. The highest BCUT2D eigenvalue weighted by Crippen LogP contribution is 2.35. The van der Waals surface area contributed by atoms with Gasteiger partial charge in [0.1, 0.15) is 18.5 Å². The fourth-order valence-electron chi connectivity index (χ4n) is 3.39. The van der Waals surface area contributed by atoms with Crippen molar-refractivity contribution in [3.05, 3.63) is 53.6 Å². The Morgan fingerprint density at radius 3 is 2.93 bits per heavy atom. The maximum atomic E-state index is 12.0. The number of rotatable bonds is 6. The molecule has 148 valence electrons. The van der Waals surface area contributed by atoms with E-state index in [1.54, 1.807) is 6.07 Å². The van der Waals surface area contributed by atoms with Crippen LogP contribution >= 0.6 is 0 Å². The fourth-order valence-corrected chi connectivity index (χ4v) is 3.39. The molecule has 0 aromatic heterocycles. The molecule has 0 aliphatic carbocycles. The molecule has 0 amide bonds. The van der Waals surface area contributed by atoms with E-state index in [1.807, 2.05) is 36.4 Å². The highest BCUT2D eigenvalue weighted by Gasteiger charge is 2.23. The van der Waals surface area contributed by atoms with Gasteiger partial charge in [-0.2, -0.15) is 0 Å². The molecule has 1 unspecified atom stereocenters. The molecule has 2 aromatic rings. The van der Waals surface area contributed by atoms with Crippen molar-refractivity contribution in [1.29, 1.82) is 0 Å². The molecular formula is C21H23NO6. The van der Waals surface area contributed by atoms with Gasteiger partial charge in [-0.05, 0) is 23.8 Å². The molecular weight excluding hydrogens is 362 g/mol. The van der Waals surface area contributed by atoms with Gasteiger partial charge in [0.15, 0.2) is 11.5 Å². The third-order valence-corrected chi connectivity index (χ3v) is 4.82. The van der Waals surface area contributed by atoms with Crippen molar-refractivity contribution in [3.8, 4) is 17.2 Å². The van der Waals surface area contributed by atoms with Gasteiger partial charge < -0.3 is 23.7 Å². The van der Waals surface area contributed by atoms with Gasteiger partial charge in [0.05, 0.1) is 19.3 Å². The number of carbonyl (C=O) groups excluding carboxylic acids is 1. The Labute approximate surface area is 163 Å². The zero-order valence-corrected chi connectivity index (χ0v) is 15.8. The van der Waals surface area contributed by atoms with Crippen molar-refractivity contribution in [3.63, 3.8) is 0 Å². The number of hydrogen-bond donors (Lipinski definition) is 0. The van der Waals surface area contributed by atoms with Gasteiger partial charge in [-0.15, -0.1) is 0 Å². The number of hydrogen-bond acceptors (Lipinski definition) is 7. The highest BCUT2D eigenvalue weighted by molar-refractivity contribution is 5.90. The minimum atomic E-state index is -0.313. The van der Waals surface area contributed by atoms with Gasteiger partial charge in [-0.1, -0.05) is 18.2 Å². The maximum absolute atomic E-state index is 12.0. The summed E-state index contributed by atoms with van der Waals surface area (Å²) in [7, 11) is 1.40. The standard InChI is InChI=1S/C21H23NO6/c1-24-21(23)18-5-3-2-4-15(18)11-22-8-9-25-17(12-22)13-26-16-6-7-19-20(10-16)28-14-27-19/h2-7,10,17H,8-9,11-14H2,1H3. The fraction of sp³-hybridized carbons (Fsp3) is 0.381. The minimum absolute atomic E-state index is 0.0514. The first-order valence-corrected chi connectivity index (χ1v) is 9.25. The second kappa shape index (κ2) is 8.50. The van der Waals surface area contributed by atoms with Crippen molar-refractivity contribution >= 4 is 5.97 Å². The lowest BCUT2D eigenvalue weighted by Gasteiger charge is -2.33. The molecule has 2 aliphatic rings. The average molecular weight is 385 g/mol. The van der Waals surface area contributed by atoms with E-state index >= 15 is 0 Å². The Morgan fingerprint density at radius 2 is 2.04 bits per heavy atom. The molecule has 2 aromatic carbocycles. The van der Waals surface area contributed by atoms with E-state index in [9.17, 15) is 4.79 Å². The molecule has 0 radical (unpaired) electrons. The first kappa shape index (κ1) is 18.6. The molecule has 2 heterocycles. The van der Waals surface area contributed by atoms with E-state index in [2.05, 4.69) is 4.90 Å². The molecule has 7 nitrogen and oxygen atoms in total. The normalized spacial score (nSPS) is 18.7. The van der Waals surface area contributed by atoms with Crippen LogP contribution in [-0.2, 0) is 16.0 Å². The Morgan fingerprint density at radius 1 is 1.18 bits per heavy atom. The zero-order valence-electron chi connectivity index (χ0n) is 15.8. The molecule has 7 heteroatoms. The van der Waals surface area contributed by atoms with Crippen molar-refractivity contribution in [2.45, 2.75) is 12.6 Å². The van der Waals surface area contributed by atoms with Gasteiger partial charge in [0, 0.05) is 25.7 Å². The van der Waals surface area contributed by atoms with Crippen LogP contribution in [0.15, 0.2) is 42.5 Å². The van der Waals surface area contributed by atoms with Crippen molar-refractivity contribution in [1.82, 2.24) is 4.90 Å². The van der Waals surface area contributed by atoms with Crippen LogP contribution in [0.25, 0.3) is 0 Å². The second-order valence-corrected chi connectivity index (χ2v) is 6.70. The number of nitrogens with zero attached hydrogens (tertiary/aromatic N) is 1. The largest absolute Gasteiger partial charge is 0.491 e. The summed E-state index contributed by atoms with van der Waals surface area (Å²) in [5, 5.41) is 0. The summed E-state index contributed by atoms with van der Waals surface area (Å²) in [5.41, 5.74) is 1.55. The van der Waals surface area contributed by atoms with Crippen LogP contribution < -0.4 is 14.2 Å². The number of carbonyl (C=O) groups is 1. The van der Waals surface area contributed by atoms with Crippen molar-refractivity contribution in [2.75, 3.05) is 40.2 Å². The highest BCUT2D eigenvalue weighted by atomic mass is 16.7. The molecule has 0 saturated carbocycles. The number of ether oxygens (including phenoxy) is 5. The van der Waals surface area contributed by atoms with E-state index in [-0.39, 0.29) is 18.9 Å². The molecule has 4 rings (SSSR count). The smallest absolute Gasteiger partial charge is 0.338 e. The molecule has 28 heavy (non-hydrogen) atoms. The van der Waals surface area contributed by atoms with Crippen LogP contribution in [0.2, 0.25) is 0 Å². The average Bonchev–Trinajstić information content (AvgIpc) is 3.20.